The molecule has 0 saturated carbocycles. The van der Waals surface area contributed by atoms with Crippen LogP contribution in [0.4, 0.5) is 5.69 Å². The van der Waals surface area contributed by atoms with Crippen molar-refractivity contribution < 1.29 is 9.53 Å². The van der Waals surface area contributed by atoms with Gasteiger partial charge in [-0.2, -0.15) is 5.26 Å². The highest BCUT2D eigenvalue weighted by Gasteiger charge is 2.28. The molecular weight excluding hydrogens is 304 g/mol. The Morgan fingerprint density at radius 3 is 2.33 bits per heavy atom. The van der Waals surface area contributed by atoms with E-state index < -0.39 is 5.97 Å². The number of benzene rings is 2. The van der Waals surface area contributed by atoms with E-state index in [0.717, 1.165) is 11.3 Å². The van der Waals surface area contributed by atoms with Gasteiger partial charge in [0.2, 0.25) is 0 Å². The van der Waals surface area contributed by atoms with Crippen LogP contribution in [0.15, 0.2) is 77.1 Å². The molecule has 0 spiro atoms. The van der Waals surface area contributed by atoms with Crippen LogP contribution in [-0.4, -0.2) is 18.9 Å². The molecule has 0 aromatic heterocycles. The number of ether oxygens (including phenoxy) is 1. The molecule has 6 nitrogen and oxygen atoms in total. The molecule has 0 aliphatic carbocycles. The highest BCUT2D eigenvalue weighted by atomic mass is 16.5. The van der Waals surface area contributed by atoms with Crippen molar-refractivity contribution >= 4 is 17.5 Å². The summed E-state index contributed by atoms with van der Waals surface area (Å²) in [6.45, 7) is 0. The first-order valence-electron chi connectivity index (χ1n) is 7.23. The van der Waals surface area contributed by atoms with Crippen LogP contribution in [-0.2, 0) is 9.53 Å². The van der Waals surface area contributed by atoms with Gasteiger partial charge in [0.15, 0.2) is 17.2 Å². The zero-order valence-corrected chi connectivity index (χ0v) is 12.9. The molecule has 0 radical (unpaired) electrons. The summed E-state index contributed by atoms with van der Waals surface area (Å²) < 4.78 is 4.70. The molecule has 118 valence electrons. The summed E-state index contributed by atoms with van der Waals surface area (Å²) in [4.78, 5) is 16.4. The lowest BCUT2D eigenvalue weighted by Crippen LogP contribution is -2.36. The average molecular weight is 318 g/mol. The van der Waals surface area contributed by atoms with Crippen molar-refractivity contribution in [1.82, 2.24) is 5.43 Å². The third-order valence-corrected chi connectivity index (χ3v) is 3.43. The van der Waals surface area contributed by atoms with E-state index in [4.69, 9.17) is 4.74 Å². The predicted octanol–water partition coefficient (Wildman–Crippen LogP) is 2.37. The number of esters is 1. The third kappa shape index (κ3) is 2.83. The first kappa shape index (κ1) is 15.3. The molecule has 0 atom stereocenters. The van der Waals surface area contributed by atoms with Crippen LogP contribution < -0.4 is 10.4 Å². The summed E-state index contributed by atoms with van der Waals surface area (Å²) in [7, 11) is 1.23. The zero-order chi connectivity index (χ0) is 16.9. The van der Waals surface area contributed by atoms with Gasteiger partial charge in [-0.15, -0.1) is 0 Å². The normalized spacial score (nSPS) is 15.2. The van der Waals surface area contributed by atoms with Crippen molar-refractivity contribution in [3.8, 4) is 6.07 Å². The SMILES string of the molecule is COC(=O)/C(C#N)=C1\N=C(c2ccccc2)NN1c1ccccc1. The van der Waals surface area contributed by atoms with E-state index in [0.29, 0.717) is 5.84 Å². The number of amidine groups is 1. The number of hydrazine groups is 1. The number of nitriles is 1. The molecular formula is C18H14N4O2. The third-order valence-electron chi connectivity index (χ3n) is 3.43. The number of para-hydroxylation sites is 1. The van der Waals surface area contributed by atoms with Gasteiger partial charge in [-0.3, -0.25) is 5.43 Å². The van der Waals surface area contributed by atoms with Gasteiger partial charge >= 0.3 is 5.97 Å². The van der Waals surface area contributed by atoms with Crippen LogP contribution in [0, 0.1) is 11.3 Å². The summed E-state index contributed by atoms with van der Waals surface area (Å²) in [5, 5.41) is 11.0. The number of nitrogens with one attached hydrogen (secondary N) is 1. The first-order valence-corrected chi connectivity index (χ1v) is 7.23. The second-order valence-electron chi connectivity index (χ2n) is 4.91. The van der Waals surface area contributed by atoms with Gasteiger partial charge in [0.05, 0.1) is 12.8 Å². The smallest absolute Gasteiger partial charge is 0.352 e. The van der Waals surface area contributed by atoms with E-state index >= 15 is 0 Å². The molecule has 0 saturated heterocycles. The number of aliphatic imine (C=N–C) groups is 1. The standard InChI is InChI=1S/C18H14N4O2/c1-24-18(23)15(12-19)17-20-16(13-8-4-2-5-9-13)21-22(17)14-10-6-3-7-11-14/h2-11H,1H3,(H,20,21)/b17-15+. The highest BCUT2D eigenvalue weighted by molar-refractivity contribution is 6.04. The molecule has 1 aliphatic heterocycles. The number of hydrogen-bond donors (Lipinski definition) is 1. The molecule has 0 unspecified atom stereocenters. The minimum Gasteiger partial charge on any atom is -0.465 e. The van der Waals surface area contributed by atoms with Crippen LogP contribution in [0.5, 0.6) is 0 Å². The quantitative estimate of drug-likeness (QED) is 0.534. The molecule has 2 aromatic rings. The maximum absolute atomic E-state index is 11.9. The molecule has 1 heterocycles. The van der Waals surface area contributed by atoms with E-state index in [-0.39, 0.29) is 11.4 Å². The topological polar surface area (TPSA) is 77.7 Å². The molecule has 3 rings (SSSR count). The summed E-state index contributed by atoms with van der Waals surface area (Å²) in [5.41, 5.74) is 4.56. The van der Waals surface area contributed by atoms with E-state index in [9.17, 15) is 10.1 Å². The Balaban J connectivity index is 2.12. The average Bonchev–Trinajstić information content (AvgIpc) is 3.08. The largest absolute Gasteiger partial charge is 0.465 e. The minimum absolute atomic E-state index is 0.167. The maximum Gasteiger partial charge on any atom is 0.352 e. The van der Waals surface area contributed by atoms with Gasteiger partial charge in [0.1, 0.15) is 6.07 Å². The number of carbonyl (C=O) groups is 1. The van der Waals surface area contributed by atoms with E-state index in [1.807, 2.05) is 66.7 Å². The summed E-state index contributed by atoms with van der Waals surface area (Å²) in [6, 6.07) is 20.6. The monoisotopic (exact) mass is 318 g/mol. The van der Waals surface area contributed by atoms with E-state index in [2.05, 4.69) is 10.4 Å². The number of hydrogen-bond acceptors (Lipinski definition) is 6. The maximum atomic E-state index is 11.9. The van der Waals surface area contributed by atoms with E-state index in [1.165, 1.54) is 7.11 Å². The predicted molar refractivity (Wildman–Crippen MR) is 89.7 cm³/mol. The Hall–Kier alpha value is -3.59. The van der Waals surface area contributed by atoms with Crippen molar-refractivity contribution in [1.29, 1.82) is 5.26 Å². The Morgan fingerprint density at radius 1 is 1.12 bits per heavy atom. The van der Waals surface area contributed by atoms with Gasteiger partial charge in [0.25, 0.3) is 0 Å². The lowest BCUT2D eigenvalue weighted by Gasteiger charge is -2.20. The molecule has 2 aromatic carbocycles. The van der Waals surface area contributed by atoms with Crippen LogP contribution in [0.2, 0.25) is 0 Å². The summed E-state index contributed by atoms with van der Waals surface area (Å²) in [6.07, 6.45) is 0. The van der Waals surface area contributed by atoms with Crippen molar-refractivity contribution in [3.63, 3.8) is 0 Å². The number of carbonyl (C=O) groups excluding carboxylic acids is 1. The van der Waals surface area contributed by atoms with Crippen LogP contribution in [0.3, 0.4) is 0 Å². The van der Waals surface area contributed by atoms with Crippen molar-refractivity contribution in [2.24, 2.45) is 4.99 Å². The number of rotatable bonds is 3. The Kier molecular flexibility index (Phi) is 4.25. The molecule has 0 fully saturated rings. The van der Waals surface area contributed by atoms with Gasteiger partial charge in [-0.25, -0.2) is 14.8 Å². The van der Waals surface area contributed by atoms with Gasteiger partial charge < -0.3 is 4.74 Å². The molecule has 6 heteroatoms. The van der Waals surface area contributed by atoms with Crippen LogP contribution >= 0.6 is 0 Å². The molecule has 1 aliphatic rings. The lowest BCUT2D eigenvalue weighted by molar-refractivity contribution is -0.135. The Labute approximate surface area is 139 Å². The molecule has 1 N–H and O–H groups in total. The molecule has 0 amide bonds. The second-order valence-corrected chi connectivity index (χ2v) is 4.91. The van der Waals surface area contributed by atoms with Gasteiger partial charge in [-0.05, 0) is 12.1 Å². The first-order chi connectivity index (χ1) is 11.7. The Morgan fingerprint density at radius 2 is 1.75 bits per heavy atom. The summed E-state index contributed by atoms with van der Waals surface area (Å²) >= 11 is 0. The van der Waals surface area contributed by atoms with Crippen LogP contribution in [0.25, 0.3) is 0 Å². The van der Waals surface area contributed by atoms with Gasteiger partial charge in [0, 0.05) is 5.56 Å². The fraction of sp³-hybridized carbons (Fsp3) is 0.0556. The minimum atomic E-state index is -0.728. The van der Waals surface area contributed by atoms with E-state index in [1.54, 1.807) is 5.01 Å². The molecule has 0 bridgehead atoms. The number of anilines is 1. The lowest BCUT2D eigenvalue weighted by atomic mass is 10.2. The highest BCUT2D eigenvalue weighted by Crippen LogP contribution is 2.25. The number of nitrogens with zero attached hydrogens (tertiary/aromatic N) is 3. The molecule has 24 heavy (non-hydrogen) atoms. The van der Waals surface area contributed by atoms with Crippen LogP contribution in [0.1, 0.15) is 5.56 Å². The van der Waals surface area contributed by atoms with Crippen molar-refractivity contribution in [2.75, 3.05) is 12.1 Å². The second kappa shape index (κ2) is 6.67. The zero-order valence-electron chi connectivity index (χ0n) is 12.9. The fourth-order valence-electron chi connectivity index (χ4n) is 2.29. The van der Waals surface area contributed by atoms with Crippen molar-refractivity contribution in [2.45, 2.75) is 0 Å². The van der Waals surface area contributed by atoms with Gasteiger partial charge in [-0.1, -0.05) is 48.5 Å². The summed E-state index contributed by atoms with van der Waals surface area (Å²) in [5.74, 6) is 0.0220. The van der Waals surface area contributed by atoms with Crippen molar-refractivity contribution in [3.05, 3.63) is 77.6 Å². The fourth-order valence-corrected chi connectivity index (χ4v) is 2.29. The Bertz CT molecular complexity index is 852. The number of methoxy groups -OCH3 is 1.